The highest BCUT2D eigenvalue weighted by Crippen LogP contribution is 2.06. The second-order valence-corrected chi connectivity index (χ2v) is 4.20. The largest absolute Gasteiger partial charge is 0.326 e. The number of hydrogen-bond acceptors (Lipinski definition) is 4. The first kappa shape index (κ1) is 12.1. The van der Waals surface area contributed by atoms with Crippen molar-refractivity contribution in [1.82, 2.24) is 19.6 Å². The van der Waals surface area contributed by atoms with Crippen LogP contribution in [0.2, 0.25) is 0 Å². The second-order valence-electron chi connectivity index (χ2n) is 4.20. The van der Waals surface area contributed by atoms with Crippen molar-refractivity contribution >= 4 is 17.4 Å². The van der Waals surface area contributed by atoms with E-state index in [9.17, 15) is 9.59 Å². The zero-order valence-electron chi connectivity index (χ0n) is 10.4. The summed E-state index contributed by atoms with van der Waals surface area (Å²) in [6.45, 7) is 0. The van der Waals surface area contributed by atoms with Crippen LogP contribution in [0.5, 0.6) is 0 Å². The maximum Gasteiger partial charge on any atom is 0.274 e. The number of aromatic nitrogens is 4. The average molecular weight is 269 g/mol. The normalized spacial score (nSPS) is 10.6. The van der Waals surface area contributed by atoms with Gasteiger partial charge < -0.3 is 5.32 Å². The molecule has 3 aromatic rings. The number of H-pyrrole nitrogens is 1. The van der Waals surface area contributed by atoms with Crippen molar-refractivity contribution < 1.29 is 4.79 Å². The van der Waals surface area contributed by atoms with Crippen LogP contribution in [0.1, 0.15) is 5.69 Å². The fourth-order valence-electron chi connectivity index (χ4n) is 1.85. The number of benzene rings is 1. The Morgan fingerprint density at radius 3 is 2.90 bits per heavy atom. The van der Waals surface area contributed by atoms with Gasteiger partial charge in [0.15, 0.2) is 0 Å². The highest BCUT2D eigenvalue weighted by atomic mass is 16.1. The zero-order valence-corrected chi connectivity index (χ0v) is 10.4. The van der Waals surface area contributed by atoms with Crippen LogP contribution in [0.4, 0.5) is 5.69 Å². The van der Waals surface area contributed by atoms with Crippen molar-refractivity contribution in [3.8, 4) is 0 Å². The van der Waals surface area contributed by atoms with E-state index in [4.69, 9.17) is 0 Å². The number of fused-ring (bicyclic) bond motifs is 1. The van der Waals surface area contributed by atoms with E-state index in [1.54, 1.807) is 12.1 Å². The van der Waals surface area contributed by atoms with Crippen molar-refractivity contribution in [3.05, 3.63) is 58.8 Å². The summed E-state index contributed by atoms with van der Waals surface area (Å²) in [4.78, 5) is 31.6. The standard InChI is InChI=1S/C13H11N5O2/c19-11(16-9-4-2-1-3-5-9)6-10-7-12(20)18-13(17-10)14-8-15-18/h1-5,7-8H,6H2,(H,16,19)(H,14,15,17). The minimum atomic E-state index is -0.296. The van der Waals surface area contributed by atoms with Gasteiger partial charge in [-0.1, -0.05) is 18.2 Å². The molecule has 0 saturated heterocycles. The van der Waals surface area contributed by atoms with Gasteiger partial charge in [-0.2, -0.15) is 4.52 Å². The Bertz CT molecular complexity index is 806. The fourth-order valence-corrected chi connectivity index (χ4v) is 1.85. The summed E-state index contributed by atoms with van der Waals surface area (Å²) in [6.07, 6.45) is 1.39. The van der Waals surface area contributed by atoms with Gasteiger partial charge in [-0.25, -0.2) is 9.97 Å². The van der Waals surface area contributed by atoms with Gasteiger partial charge in [-0.05, 0) is 12.1 Å². The number of nitrogens with one attached hydrogen (secondary N) is 2. The van der Waals surface area contributed by atoms with Gasteiger partial charge in [0, 0.05) is 11.8 Å². The van der Waals surface area contributed by atoms with E-state index in [1.165, 1.54) is 16.9 Å². The van der Waals surface area contributed by atoms with Crippen molar-refractivity contribution in [1.29, 1.82) is 0 Å². The summed E-state index contributed by atoms with van der Waals surface area (Å²) in [5.41, 5.74) is 0.792. The summed E-state index contributed by atoms with van der Waals surface area (Å²) in [7, 11) is 0. The summed E-state index contributed by atoms with van der Waals surface area (Å²) in [5, 5.41) is 5.37. The van der Waals surface area contributed by atoms with Crippen LogP contribution in [0, 0.1) is 0 Å². The van der Waals surface area contributed by atoms with Gasteiger partial charge in [0.05, 0.1) is 12.1 Å². The topological polar surface area (TPSA) is 92.1 Å². The lowest BCUT2D eigenvalue weighted by atomic mass is 10.2. The molecule has 2 aromatic heterocycles. The van der Waals surface area contributed by atoms with E-state index >= 15 is 0 Å². The molecule has 0 aliphatic rings. The van der Waals surface area contributed by atoms with E-state index < -0.39 is 0 Å². The Labute approximate surface area is 113 Å². The van der Waals surface area contributed by atoms with Crippen molar-refractivity contribution in [2.24, 2.45) is 0 Å². The monoisotopic (exact) mass is 269 g/mol. The predicted molar refractivity (Wildman–Crippen MR) is 72.4 cm³/mol. The molecule has 0 aliphatic heterocycles. The van der Waals surface area contributed by atoms with Crippen LogP contribution in [-0.2, 0) is 11.2 Å². The van der Waals surface area contributed by atoms with Crippen LogP contribution in [0.15, 0.2) is 47.5 Å². The van der Waals surface area contributed by atoms with Gasteiger partial charge >= 0.3 is 0 Å². The molecule has 1 amide bonds. The molecular formula is C13H11N5O2. The fraction of sp³-hybridized carbons (Fsp3) is 0.0769. The first-order valence-electron chi connectivity index (χ1n) is 5.99. The molecule has 0 saturated carbocycles. The Balaban J connectivity index is 1.79. The van der Waals surface area contributed by atoms with Crippen LogP contribution in [0.3, 0.4) is 0 Å². The van der Waals surface area contributed by atoms with Crippen molar-refractivity contribution in [3.63, 3.8) is 0 Å². The third-order valence-electron chi connectivity index (χ3n) is 2.72. The molecule has 2 N–H and O–H groups in total. The molecule has 1 aromatic carbocycles. The quantitative estimate of drug-likeness (QED) is 0.728. The second kappa shape index (κ2) is 4.96. The Hall–Kier alpha value is -2.96. The van der Waals surface area contributed by atoms with Gasteiger partial charge in [-0.3, -0.25) is 14.7 Å². The van der Waals surface area contributed by atoms with Gasteiger partial charge in [0.25, 0.3) is 11.3 Å². The lowest BCUT2D eigenvalue weighted by Gasteiger charge is -2.04. The van der Waals surface area contributed by atoms with Crippen LogP contribution in [0.25, 0.3) is 5.78 Å². The number of nitrogens with zero attached hydrogens (tertiary/aromatic N) is 3. The van der Waals surface area contributed by atoms with E-state index in [0.29, 0.717) is 11.4 Å². The number of hydrogen-bond donors (Lipinski definition) is 2. The number of para-hydroxylation sites is 1. The third kappa shape index (κ3) is 2.41. The highest BCUT2D eigenvalue weighted by molar-refractivity contribution is 5.91. The van der Waals surface area contributed by atoms with E-state index in [2.05, 4.69) is 20.4 Å². The molecule has 0 aliphatic carbocycles. The minimum Gasteiger partial charge on any atom is -0.326 e. The van der Waals surface area contributed by atoms with Gasteiger partial charge in [0.1, 0.15) is 6.33 Å². The molecule has 0 fully saturated rings. The lowest BCUT2D eigenvalue weighted by molar-refractivity contribution is -0.115. The number of amides is 1. The van der Waals surface area contributed by atoms with Crippen molar-refractivity contribution in [2.75, 3.05) is 5.32 Å². The summed E-state index contributed by atoms with van der Waals surface area (Å²) >= 11 is 0. The van der Waals surface area contributed by atoms with Gasteiger partial charge in [0.2, 0.25) is 5.91 Å². The van der Waals surface area contributed by atoms with Crippen LogP contribution in [-0.4, -0.2) is 25.5 Å². The van der Waals surface area contributed by atoms with E-state index in [-0.39, 0.29) is 23.7 Å². The minimum absolute atomic E-state index is 0.0213. The molecule has 20 heavy (non-hydrogen) atoms. The van der Waals surface area contributed by atoms with E-state index in [1.807, 2.05) is 18.2 Å². The maximum absolute atomic E-state index is 11.9. The lowest BCUT2D eigenvalue weighted by Crippen LogP contribution is -2.20. The van der Waals surface area contributed by atoms with E-state index in [0.717, 1.165) is 0 Å². The third-order valence-corrected chi connectivity index (χ3v) is 2.72. The van der Waals surface area contributed by atoms with Crippen LogP contribution >= 0.6 is 0 Å². The molecule has 100 valence electrons. The molecular weight excluding hydrogens is 258 g/mol. The predicted octanol–water partition coefficient (Wildman–Crippen LogP) is 0.599. The van der Waals surface area contributed by atoms with Crippen LogP contribution < -0.4 is 10.9 Å². The molecule has 0 atom stereocenters. The average Bonchev–Trinajstić information content (AvgIpc) is 2.88. The molecule has 7 nitrogen and oxygen atoms in total. The number of anilines is 1. The molecule has 2 heterocycles. The first-order valence-corrected chi connectivity index (χ1v) is 5.99. The molecule has 0 bridgehead atoms. The molecule has 0 radical (unpaired) electrons. The SMILES string of the molecule is O=C(Cc1cc(=O)n2[nH]cnc2n1)Nc1ccccc1. The Morgan fingerprint density at radius 2 is 2.10 bits per heavy atom. The molecule has 0 spiro atoms. The smallest absolute Gasteiger partial charge is 0.274 e. The summed E-state index contributed by atoms with van der Waals surface area (Å²) in [6, 6.07) is 10.4. The molecule has 0 unspecified atom stereocenters. The number of carbonyl (C=O) groups is 1. The first-order chi connectivity index (χ1) is 9.72. The number of aromatic amines is 1. The summed E-state index contributed by atoms with van der Waals surface area (Å²) in [5.74, 6) is 0.0167. The molecule has 7 heteroatoms. The highest BCUT2D eigenvalue weighted by Gasteiger charge is 2.09. The Morgan fingerprint density at radius 1 is 1.30 bits per heavy atom. The zero-order chi connectivity index (χ0) is 13.9. The molecule has 3 rings (SSSR count). The van der Waals surface area contributed by atoms with Crippen molar-refractivity contribution in [2.45, 2.75) is 6.42 Å². The maximum atomic E-state index is 11.9. The summed E-state index contributed by atoms with van der Waals surface area (Å²) < 4.78 is 1.21. The van der Waals surface area contributed by atoms with Gasteiger partial charge in [-0.15, -0.1) is 0 Å². The number of carbonyl (C=O) groups excluding carboxylic acids is 1. The Kier molecular flexibility index (Phi) is 3.00. The number of rotatable bonds is 3.